The molecule has 0 spiro atoms. The summed E-state index contributed by atoms with van der Waals surface area (Å²) in [6.45, 7) is 4.32. The van der Waals surface area contributed by atoms with E-state index in [1.165, 1.54) is 16.9 Å². The minimum Gasteiger partial charge on any atom is -0.466 e. The van der Waals surface area contributed by atoms with Crippen LogP contribution >= 0.6 is 11.3 Å². The van der Waals surface area contributed by atoms with Crippen LogP contribution in [0, 0.1) is 0 Å². The number of rotatable bonds is 6. The molecule has 4 nitrogen and oxygen atoms in total. The van der Waals surface area contributed by atoms with Crippen molar-refractivity contribution >= 4 is 28.1 Å². The first kappa shape index (κ1) is 14.5. The topological polar surface area (TPSA) is 51.2 Å². The SMILES string of the molecule is CCOC(=O)Cc1csc(Nc2cccc(CC)c2)n1. The summed E-state index contributed by atoms with van der Waals surface area (Å²) in [4.78, 5) is 15.8. The fraction of sp³-hybridized carbons (Fsp3) is 0.333. The molecule has 0 fully saturated rings. The van der Waals surface area contributed by atoms with E-state index < -0.39 is 0 Å². The van der Waals surface area contributed by atoms with E-state index in [2.05, 4.69) is 29.4 Å². The molecule has 0 saturated heterocycles. The van der Waals surface area contributed by atoms with Gasteiger partial charge in [0.25, 0.3) is 0 Å². The molecule has 1 aromatic heterocycles. The second-order valence-electron chi connectivity index (χ2n) is 4.30. The standard InChI is InChI=1S/C15H18N2O2S/c1-3-11-6-5-7-12(8-11)16-15-17-13(10-20-15)9-14(18)19-4-2/h5-8,10H,3-4,9H2,1-2H3,(H,16,17). The zero-order chi connectivity index (χ0) is 14.4. The molecule has 0 aliphatic carbocycles. The summed E-state index contributed by atoms with van der Waals surface area (Å²) in [5.41, 5.74) is 3.03. The van der Waals surface area contributed by atoms with Crippen molar-refractivity contribution in [3.63, 3.8) is 0 Å². The number of benzene rings is 1. The maximum absolute atomic E-state index is 11.4. The second-order valence-corrected chi connectivity index (χ2v) is 5.16. The summed E-state index contributed by atoms with van der Waals surface area (Å²) in [6, 6.07) is 8.23. The number of carbonyl (C=O) groups excluding carboxylic acids is 1. The summed E-state index contributed by atoms with van der Waals surface area (Å²) in [6.07, 6.45) is 1.22. The molecule has 0 radical (unpaired) electrons. The molecule has 5 heteroatoms. The van der Waals surface area contributed by atoms with Gasteiger partial charge in [0.05, 0.1) is 18.7 Å². The Hall–Kier alpha value is -1.88. The molecule has 0 aliphatic rings. The highest BCUT2D eigenvalue weighted by Gasteiger charge is 2.08. The van der Waals surface area contributed by atoms with Gasteiger partial charge in [0.15, 0.2) is 5.13 Å². The van der Waals surface area contributed by atoms with Crippen molar-refractivity contribution in [1.29, 1.82) is 0 Å². The van der Waals surface area contributed by atoms with Crippen LogP contribution in [0.1, 0.15) is 25.1 Å². The van der Waals surface area contributed by atoms with Crippen LogP contribution < -0.4 is 5.32 Å². The number of nitrogens with zero attached hydrogens (tertiary/aromatic N) is 1. The fourth-order valence-electron chi connectivity index (χ4n) is 1.80. The highest BCUT2D eigenvalue weighted by molar-refractivity contribution is 7.13. The fourth-order valence-corrected chi connectivity index (χ4v) is 2.53. The molecule has 2 rings (SSSR count). The van der Waals surface area contributed by atoms with E-state index >= 15 is 0 Å². The van der Waals surface area contributed by atoms with Gasteiger partial charge >= 0.3 is 5.97 Å². The number of thiazole rings is 1. The van der Waals surface area contributed by atoms with E-state index in [4.69, 9.17) is 4.74 Å². The lowest BCUT2D eigenvalue weighted by Crippen LogP contribution is -2.07. The number of ether oxygens (including phenoxy) is 1. The Morgan fingerprint density at radius 3 is 3.00 bits per heavy atom. The number of esters is 1. The van der Waals surface area contributed by atoms with Crippen molar-refractivity contribution in [2.45, 2.75) is 26.7 Å². The predicted octanol–water partition coefficient (Wildman–Crippen LogP) is 3.55. The highest BCUT2D eigenvalue weighted by Crippen LogP contribution is 2.22. The van der Waals surface area contributed by atoms with Crippen LogP contribution in [0.3, 0.4) is 0 Å². The average Bonchev–Trinajstić information content (AvgIpc) is 2.86. The van der Waals surface area contributed by atoms with Gasteiger partial charge in [-0.2, -0.15) is 0 Å². The summed E-state index contributed by atoms with van der Waals surface area (Å²) < 4.78 is 4.91. The van der Waals surface area contributed by atoms with Crippen molar-refractivity contribution in [3.8, 4) is 0 Å². The van der Waals surface area contributed by atoms with E-state index in [9.17, 15) is 4.79 Å². The lowest BCUT2D eigenvalue weighted by atomic mass is 10.1. The van der Waals surface area contributed by atoms with Gasteiger partial charge < -0.3 is 10.1 Å². The summed E-state index contributed by atoms with van der Waals surface area (Å²) in [7, 11) is 0. The van der Waals surface area contributed by atoms with Gasteiger partial charge in [-0.1, -0.05) is 19.1 Å². The molecular weight excluding hydrogens is 272 g/mol. The van der Waals surface area contributed by atoms with Gasteiger partial charge in [0.1, 0.15) is 0 Å². The van der Waals surface area contributed by atoms with Gasteiger partial charge in [0.2, 0.25) is 0 Å². The van der Waals surface area contributed by atoms with Crippen LogP contribution in [0.5, 0.6) is 0 Å². The number of hydrogen-bond donors (Lipinski definition) is 1. The van der Waals surface area contributed by atoms with Gasteiger partial charge in [0, 0.05) is 11.1 Å². The largest absolute Gasteiger partial charge is 0.466 e. The first-order valence-corrected chi connectivity index (χ1v) is 7.55. The Bertz CT molecular complexity index is 581. The number of nitrogens with one attached hydrogen (secondary N) is 1. The van der Waals surface area contributed by atoms with Crippen LogP contribution in [0.25, 0.3) is 0 Å². The molecule has 1 aromatic carbocycles. The summed E-state index contributed by atoms with van der Waals surface area (Å²) in [5.74, 6) is -0.239. The molecule has 2 aromatic rings. The van der Waals surface area contributed by atoms with E-state index in [0.717, 1.165) is 22.9 Å². The normalized spacial score (nSPS) is 10.3. The molecule has 106 valence electrons. The molecular formula is C15H18N2O2S. The monoisotopic (exact) mass is 290 g/mol. The minimum absolute atomic E-state index is 0.223. The van der Waals surface area contributed by atoms with Crippen molar-refractivity contribution in [2.24, 2.45) is 0 Å². The van der Waals surface area contributed by atoms with Crippen molar-refractivity contribution in [1.82, 2.24) is 4.98 Å². The number of aryl methyl sites for hydroxylation is 1. The Morgan fingerprint density at radius 1 is 1.40 bits per heavy atom. The van der Waals surface area contributed by atoms with Crippen molar-refractivity contribution < 1.29 is 9.53 Å². The molecule has 0 aliphatic heterocycles. The molecule has 0 bridgehead atoms. The van der Waals surface area contributed by atoms with E-state index in [0.29, 0.717) is 6.61 Å². The van der Waals surface area contributed by atoms with Gasteiger partial charge in [-0.25, -0.2) is 4.98 Å². The predicted molar refractivity (Wildman–Crippen MR) is 81.6 cm³/mol. The molecule has 0 unspecified atom stereocenters. The van der Waals surface area contributed by atoms with Crippen molar-refractivity contribution in [3.05, 3.63) is 40.9 Å². The molecule has 0 amide bonds. The Kier molecular flexibility index (Phi) is 5.12. The quantitative estimate of drug-likeness (QED) is 0.827. The van der Waals surface area contributed by atoms with Crippen LogP contribution in [0.15, 0.2) is 29.6 Å². The maximum atomic E-state index is 11.4. The number of hydrogen-bond acceptors (Lipinski definition) is 5. The van der Waals surface area contributed by atoms with Crippen LogP contribution in [-0.4, -0.2) is 17.6 Å². The first-order valence-electron chi connectivity index (χ1n) is 6.67. The lowest BCUT2D eigenvalue weighted by molar-refractivity contribution is -0.142. The van der Waals surface area contributed by atoms with E-state index in [-0.39, 0.29) is 12.4 Å². The third kappa shape index (κ3) is 4.06. The Labute approximate surface area is 122 Å². The third-order valence-electron chi connectivity index (χ3n) is 2.77. The van der Waals surface area contributed by atoms with Gasteiger partial charge in [-0.3, -0.25) is 4.79 Å². The van der Waals surface area contributed by atoms with Crippen LogP contribution in [0.4, 0.5) is 10.8 Å². The molecule has 20 heavy (non-hydrogen) atoms. The smallest absolute Gasteiger partial charge is 0.311 e. The second kappa shape index (κ2) is 7.05. The number of carbonyl (C=O) groups is 1. The van der Waals surface area contributed by atoms with Crippen LogP contribution in [-0.2, 0) is 22.4 Å². The highest BCUT2D eigenvalue weighted by atomic mass is 32.1. The lowest BCUT2D eigenvalue weighted by Gasteiger charge is -2.04. The Balaban J connectivity index is 2.00. The Morgan fingerprint density at radius 2 is 2.25 bits per heavy atom. The zero-order valence-electron chi connectivity index (χ0n) is 11.7. The van der Waals surface area contributed by atoms with E-state index in [1.54, 1.807) is 6.92 Å². The molecule has 1 heterocycles. The molecule has 0 saturated carbocycles. The number of aromatic nitrogens is 1. The first-order chi connectivity index (χ1) is 9.71. The third-order valence-corrected chi connectivity index (χ3v) is 3.58. The van der Waals surface area contributed by atoms with Crippen LogP contribution in [0.2, 0.25) is 0 Å². The molecule has 0 atom stereocenters. The van der Waals surface area contributed by atoms with Crippen molar-refractivity contribution in [2.75, 3.05) is 11.9 Å². The average molecular weight is 290 g/mol. The zero-order valence-corrected chi connectivity index (χ0v) is 12.5. The van der Waals surface area contributed by atoms with Gasteiger partial charge in [-0.05, 0) is 31.0 Å². The molecule has 1 N–H and O–H groups in total. The van der Waals surface area contributed by atoms with Gasteiger partial charge in [-0.15, -0.1) is 11.3 Å². The maximum Gasteiger partial charge on any atom is 0.311 e. The number of anilines is 2. The summed E-state index contributed by atoms with van der Waals surface area (Å²) >= 11 is 1.49. The summed E-state index contributed by atoms with van der Waals surface area (Å²) in [5, 5.41) is 5.93. The minimum atomic E-state index is -0.239. The van der Waals surface area contributed by atoms with E-state index in [1.807, 2.05) is 17.5 Å².